The monoisotopic (exact) mass is 416 g/mol. The number of ether oxygens (including phenoxy) is 1. The zero-order chi connectivity index (χ0) is 20.8. The van der Waals surface area contributed by atoms with E-state index < -0.39 is 25.9 Å². The fourth-order valence-electron chi connectivity index (χ4n) is 2.38. The number of β-amino-alcohol motifs (C(OH)–C–C–N with tert-alkyl or cyclic N) is 1. The molecule has 0 radical (unpaired) electrons. The number of rotatable bonds is 3. The van der Waals surface area contributed by atoms with Gasteiger partial charge in [-0.05, 0) is 25.8 Å². The van der Waals surface area contributed by atoms with Crippen molar-refractivity contribution in [3.05, 3.63) is 20.2 Å². The first-order valence-electron chi connectivity index (χ1n) is 9.16. The number of hydrogen-bond donors (Lipinski definition) is 1. The average molecular weight is 417 g/mol. The summed E-state index contributed by atoms with van der Waals surface area (Å²) >= 11 is 0.979. The summed E-state index contributed by atoms with van der Waals surface area (Å²) in [4.78, 5) is 32.5. The summed E-state index contributed by atoms with van der Waals surface area (Å²) in [5.74, 6) is 0. The highest BCUT2D eigenvalue weighted by Gasteiger charge is 2.38. The van der Waals surface area contributed by atoms with Gasteiger partial charge in [0.25, 0.3) is 0 Å². The normalized spacial score (nSPS) is 18.3. The minimum atomic E-state index is -1.76. The number of nitrogens with zero attached hydrogens (tertiary/aromatic N) is 2. The molecule has 1 aromatic rings. The summed E-state index contributed by atoms with van der Waals surface area (Å²) in [5.41, 5.74) is -0.0940. The number of carbonyl (C=O) groups is 1. The van der Waals surface area contributed by atoms with Crippen molar-refractivity contribution < 1.29 is 19.5 Å². The molecule has 1 N–H and O–H groups in total. The molecule has 0 aliphatic carbocycles. The van der Waals surface area contributed by atoms with E-state index >= 15 is 0 Å². The van der Waals surface area contributed by atoms with Crippen molar-refractivity contribution in [1.82, 2.24) is 9.63 Å². The van der Waals surface area contributed by atoms with Crippen molar-refractivity contribution in [2.45, 2.75) is 77.9 Å². The molecule has 1 aliphatic heterocycles. The minimum absolute atomic E-state index is 0.101. The molecule has 9 heteroatoms. The molecule has 0 fully saturated rings. The molecule has 0 saturated carbocycles. The lowest BCUT2D eigenvalue weighted by Gasteiger charge is -2.36. The summed E-state index contributed by atoms with van der Waals surface area (Å²) in [5, 5.41) is 10.6. The van der Waals surface area contributed by atoms with Gasteiger partial charge in [0, 0.05) is 0 Å². The lowest BCUT2D eigenvalue weighted by Crippen LogP contribution is -2.47. The fourth-order valence-corrected chi connectivity index (χ4v) is 4.18. The van der Waals surface area contributed by atoms with E-state index in [4.69, 9.17) is 9.57 Å². The fraction of sp³-hybridized carbons (Fsp3) is 0.778. The molecule has 0 spiro atoms. The molecular weight excluding hydrogens is 384 g/mol. The molecule has 7 nitrogen and oxygen atoms in total. The highest BCUT2D eigenvalue weighted by molar-refractivity contribution is 7.09. The van der Waals surface area contributed by atoms with Crippen LogP contribution in [0.5, 0.6) is 0 Å². The molecule has 1 atom stereocenters. The number of amides is 1. The first-order chi connectivity index (χ1) is 12.1. The van der Waals surface area contributed by atoms with E-state index in [0.717, 1.165) is 11.3 Å². The summed E-state index contributed by atoms with van der Waals surface area (Å²) in [6.45, 7) is 16.6. The molecule has 154 valence electrons. The van der Waals surface area contributed by atoms with Crippen LogP contribution in [-0.2, 0) is 11.3 Å². The number of carbonyl (C=O) groups excluding carboxylic acids is 1. The van der Waals surface area contributed by atoms with Crippen LogP contribution in [-0.4, -0.2) is 47.3 Å². The van der Waals surface area contributed by atoms with E-state index in [2.05, 4.69) is 33.9 Å². The average Bonchev–Trinajstić information content (AvgIpc) is 2.78. The van der Waals surface area contributed by atoms with Crippen LogP contribution < -0.4 is 9.71 Å². The Morgan fingerprint density at radius 3 is 2.37 bits per heavy atom. The Balaban J connectivity index is 2.25. The Bertz CT molecular complexity index is 757. The van der Waals surface area contributed by atoms with Crippen molar-refractivity contribution in [3.63, 3.8) is 0 Å². The molecule has 0 saturated heterocycles. The van der Waals surface area contributed by atoms with Gasteiger partial charge in [-0.15, -0.1) is 4.73 Å². The number of hydrogen-bond acceptors (Lipinski definition) is 6. The first kappa shape index (κ1) is 22.0. The van der Waals surface area contributed by atoms with E-state index in [1.807, 2.05) is 0 Å². The van der Waals surface area contributed by atoms with Crippen LogP contribution >= 0.6 is 11.3 Å². The van der Waals surface area contributed by atoms with Crippen LogP contribution in [0.4, 0.5) is 4.79 Å². The van der Waals surface area contributed by atoms with Crippen LogP contribution in [0.2, 0.25) is 18.1 Å². The maximum Gasteiger partial charge on any atom is 0.410 e. The van der Waals surface area contributed by atoms with E-state index in [0.29, 0.717) is 16.8 Å². The van der Waals surface area contributed by atoms with E-state index in [9.17, 15) is 14.7 Å². The topological polar surface area (TPSA) is 81.0 Å². The van der Waals surface area contributed by atoms with Gasteiger partial charge in [-0.1, -0.05) is 45.2 Å². The highest BCUT2D eigenvalue weighted by atomic mass is 32.1. The van der Waals surface area contributed by atoms with Gasteiger partial charge in [-0.25, -0.2) is 4.79 Å². The third-order valence-electron chi connectivity index (χ3n) is 5.17. The van der Waals surface area contributed by atoms with Gasteiger partial charge < -0.3 is 14.7 Å². The number of aliphatic hydroxyl groups excluding tert-OH is 1. The SMILES string of the molecule is CC(C)(C)OC(=O)N1Cc2c(sc(=O)n2OC[Si](C)(C)C(C)(C)C)C(O)C1. The van der Waals surface area contributed by atoms with Crippen LogP contribution in [0.25, 0.3) is 0 Å². The number of fused-ring (bicyclic) bond motifs is 1. The van der Waals surface area contributed by atoms with Crippen molar-refractivity contribution in [3.8, 4) is 0 Å². The number of aromatic nitrogens is 1. The Morgan fingerprint density at radius 2 is 1.85 bits per heavy atom. The molecule has 1 amide bonds. The smallest absolute Gasteiger partial charge is 0.410 e. The molecule has 0 aromatic carbocycles. The molecule has 27 heavy (non-hydrogen) atoms. The van der Waals surface area contributed by atoms with Crippen LogP contribution in [0.1, 0.15) is 58.2 Å². The van der Waals surface area contributed by atoms with E-state index in [1.165, 1.54) is 9.63 Å². The van der Waals surface area contributed by atoms with Crippen molar-refractivity contribution in [1.29, 1.82) is 0 Å². The summed E-state index contributed by atoms with van der Waals surface area (Å²) in [7, 11) is -1.76. The van der Waals surface area contributed by atoms with Crippen molar-refractivity contribution in [2.24, 2.45) is 0 Å². The van der Waals surface area contributed by atoms with Gasteiger partial charge in [-0.3, -0.25) is 9.69 Å². The molecule has 1 unspecified atom stereocenters. The van der Waals surface area contributed by atoms with Crippen LogP contribution in [0.3, 0.4) is 0 Å². The summed E-state index contributed by atoms with van der Waals surface area (Å²) in [6, 6.07) is 0. The minimum Gasteiger partial charge on any atom is -0.444 e. The second-order valence-corrected chi connectivity index (χ2v) is 16.3. The zero-order valence-corrected chi connectivity index (χ0v) is 19.4. The highest BCUT2D eigenvalue weighted by Crippen LogP contribution is 2.36. The second-order valence-electron chi connectivity index (χ2n) is 9.76. The number of thiazole rings is 1. The van der Waals surface area contributed by atoms with Gasteiger partial charge in [-0.2, -0.15) is 0 Å². The molecule has 2 rings (SSSR count). The Kier molecular flexibility index (Phi) is 5.90. The van der Waals surface area contributed by atoms with Gasteiger partial charge >= 0.3 is 11.0 Å². The Labute approximate surface area is 165 Å². The molecule has 2 heterocycles. The lowest BCUT2D eigenvalue weighted by molar-refractivity contribution is 0.00504. The van der Waals surface area contributed by atoms with E-state index in [-0.39, 0.29) is 23.0 Å². The third kappa shape index (κ3) is 4.94. The number of aliphatic hydroxyl groups is 1. The van der Waals surface area contributed by atoms with E-state index in [1.54, 1.807) is 20.8 Å². The van der Waals surface area contributed by atoms with Gasteiger partial charge in [0.05, 0.1) is 23.7 Å². The standard InChI is InChI=1S/C18H32N2O5SSi/c1-17(2,3)25-15(22)19-9-12-14(13(21)10-19)26-16(23)20(12)24-11-27(7,8)18(4,5)6/h13,21H,9-11H2,1-8H3. The van der Waals surface area contributed by atoms with Gasteiger partial charge in [0.15, 0.2) is 0 Å². The van der Waals surface area contributed by atoms with Crippen LogP contribution in [0, 0.1) is 0 Å². The molecule has 1 aromatic heterocycles. The predicted molar refractivity (Wildman–Crippen MR) is 109 cm³/mol. The predicted octanol–water partition coefficient (Wildman–Crippen LogP) is 3.17. The zero-order valence-electron chi connectivity index (χ0n) is 17.6. The summed E-state index contributed by atoms with van der Waals surface area (Å²) in [6.07, 6.45) is -0.958. The summed E-state index contributed by atoms with van der Waals surface area (Å²) < 4.78 is 6.67. The molecule has 0 bridgehead atoms. The largest absolute Gasteiger partial charge is 0.444 e. The second kappa shape index (κ2) is 7.25. The van der Waals surface area contributed by atoms with Crippen LogP contribution in [0.15, 0.2) is 4.79 Å². The Hall–Kier alpha value is -1.32. The maximum atomic E-state index is 12.4. The Morgan fingerprint density at radius 1 is 1.26 bits per heavy atom. The van der Waals surface area contributed by atoms with Crippen molar-refractivity contribution in [2.75, 3.05) is 12.8 Å². The molecular formula is C18H32N2O5SSi. The third-order valence-corrected chi connectivity index (χ3v) is 11.1. The quantitative estimate of drug-likeness (QED) is 0.766. The van der Waals surface area contributed by atoms with Gasteiger partial charge in [0.1, 0.15) is 26.0 Å². The molecule has 1 aliphatic rings. The van der Waals surface area contributed by atoms with Gasteiger partial charge in [0.2, 0.25) is 0 Å². The maximum absolute atomic E-state index is 12.4. The lowest BCUT2D eigenvalue weighted by atomic mass is 10.1. The first-order valence-corrected chi connectivity index (χ1v) is 13.2. The van der Waals surface area contributed by atoms with Crippen molar-refractivity contribution >= 4 is 25.5 Å².